The molecular weight excluding hydrogens is 284 g/mol. The van der Waals surface area contributed by atoms with Crippen molar-refractivity contribution in [3.8, 4) is 5.75 Å². The Morgan fingerprint density at radius 3 is 3.14 bits per heavy atom. The maximum Gasteiger partial charge on any atom is 0.121 e. The SMILES string of the molecule is Nc1cccc(OCC(O)CN2CCc3sccc3C2)c1. The number of rotatable bonds is 5. The molecule has 2 aromatic rings. The van der Waals surface area contributed by atoms with Gasteiger partial charge in [0, 0.05) is 36.3 Å². The molecule has 21 heavy (non-hydrogen) atoms. The normalized spacial score (nSPS) is 16.4. The molecule has 1 atom stereocenters. The first-order valence-electron chi connectivity index (χ1n) is 7.15. The summed E-state index contributed by atoms with van der Waals surface area (Å²) in [4.78, 5) is 3.76. The molecule has 1 aromatic heterocycles. The number of aliphatic hydroxyl groups excluding tert-OH is 1. The lowest BCUT2D eigenvalue weighted by atomic mass is 10.1. The van der Waals surface area contributed by atoms with Crippen LogP contribution in [0.4, 0.5) is 5.69 Å². The van der Waals surface area contributed by atoms with Gasteiger partial charge in [0.1, 0.15) is 18.5 Å². The molecule has 0 amide bonds. The Labute approximate surface area is 128 Å². The maximum absolute atomic E-state index is 10.1. The Balaban J connectivity index is 1.47. The van der Waals surface area contributed by atoms with Crippen LogP contribution >= 0.6 is 11.3 Å². The molecule has 0 bridgehead atoms. The first-order valence-corrected chi connectivity index (χ1v) is 8.02. The van der Waals surface area contributed by atoms with Gasteiger partial charge in [0.05, 0.1) is 0 Å². The van der Waals surface area contributed by atoms with Crippen LogP contribution in [0.5, 0.6) is 5.75 Å². The molecule has 0 saturated carbocycles. The second kappa shape index (κ2) is 6.47. The number of nitrogens with two attached hydrogens (primary N) is 1. The fourth-order valence-corrected chi connectivity index (χ4v) is 3.50. The summed E-state index contributed by atoms with van der Waals surface area (Å²) >= 11 is 1.83. The molecule has 3 N–H and O–H groups in total. The minimum atomic E-state index is -0.494. The summed E-state index contributed by atoms with van der Waals surface area (Å²) in [5.74, 6) is 0.702. The van der Waals surface area contributed by atoms with Gasteiger partial charge in [-0.05, 0) is 35.6 Å². The third-order valence-corrected chi connectivity index (χ3v) is 4.68. The van der Waals surface area contributed by atoms with E-state index >= 15 is 0 Å². The molecule has 0 aliphatic carbocycles. The minimum absolute atomic E-state index is 0.288. The van der Waals surface area contributed by atoms with Crippen molar-refractivity contribution in [1.29, 1.82) is 0 Å². The van der Waals surface area contributed by atoms with Crippen LogP contribution in [0, 0.1) is 0 Å². The molecule has 4 nitrogen and oxygen atoms in total. The molecule has 3 rings (SSSR count). The zero-order valence-electron chi connectivity index (χ0n) is 11.9. The first-order chi connectivity index (χ1) is 10.2. The monoisotopic (exact) mass is 304 g/mol. The van der Waals surface area contributed by atoms with Gasteiger partial charge >= 0.3 is 0 Å². The van der Waals surface area contributed by atoms with E-state index in [4.69, 9.17) is 10.5 Å². The van der Waals surface area contributed by atoms with Gasteiger partial charge in [-0.25, -0.2) is 0 Å². The fourth-order valence-electron chi connectivity index (χ4n) is 2.61. The van der Waals surface area contributed by atoms with Crippen molar-refractivity contribution < 1.29 is 9.84 Å². The summed E-state index contributed by atoms with van der Waals surface area (Å²) in [5, 5.41) is 12.3. The highest BCUT2D eigenvalue weighted by Crippen LogP contribution is 2.24. The smallest absolute Gasteiger partial charge is 0.121 e. The molecule has 0 spiro atoms. The lowest BCUT2D eigenvalue weighted by Crippen LogP contribution is -2.38. The van der Waals surface area contributed by atoms with Crippen LogP contribution in [-0.4, -0.2) is 35.8 Å². The lowest BCUT2D eigenvalue weighted by Gasteiger charge is -2.28. The third-order valence-electron chi connectivity index (χ3n) is 3.66. The van der Waals surface area contributed by atoms with Crippen molar-refractivity contribution in [2.45, 2.75) is 19.1 Å². The number of fused-ring (bicyclic) bond motifs is 1. The molecule has 1 aliphatic heterocycles. The molecule has 112 valence electrons. The number of hydrogen-bond acceptors (Lipinski definition) is 5. The Hall–Kier alpha value is -1.56. The molecule has 0 fully saturated rings. The highest BCUT2D eigenvalue weighted by atomic mass is 32.1. The van der Waals surface area contributed by atoms with E-state index in [0.29, 0.717) is 18.0 Å². The summed E-state index contributed by atoms with van der Waals surface area (Å²) < 4.78 is 5.59. The van der Waals surface area contributed by atoms with Gasteiger partial charge in [-0.15, -0.1) is 11.3 Å². The van der Waals surface area contributed by atoms with Crippen molar-refractivity contribution >= 4 is 17.0 Å². The third kappa shape index (κ3) is 3.75. The number of β-amino-alcohol motifs (C(OH)–C–C–N with tert-alkyl or cyclic N) is 1. The van der Waals surface area contributed by atoms with Crippen LogP contribution in [0.15, 0.2) is 35.7 Å². The van der Waals surface area contributed by atoms with Gasteiger partial charge < -0.3 is 15.6 Å². The van der Waals surface area contributed by atoms with Gasteiger partial charge in [0.15, 0.2) is 0 Å². The van der Waals surface area contributed by atoms with Crippen LogP contribution < -0.4 is 10.5 Å². The van der Waals surface area contributed by atoms with E-state index in [-0.39, 0.29) is 6.61 Å². The summed E-state index contributed by atoms with van der Waals surface area (Å²) in [6, 6.07) is 9.46. The van der Waals surface area contributed by atoms with E-state index in [9.17, 15) is 5.11 Å². The minimum Gasteiger partial charge on any atom is -0.491 e. The summed E-state index contributed by atoms with van der Waals surface area (Å²) in [5.41, 5.74) is 7.77. The van der Waals surface area contributed by atoms with Crippen molar-refractivity contribution in [3.05, 3.63) is 46.2 Å². The number of benzene rings is 1. The van der Waals surface area contributed by atoms with Crippen LogP contribution in [0.2, 0.25) is 0 Å². The predicted molar refractivity (Wildman–Crippen MR) is 85.7 cm³/mol. The Morgan fingerprint density at radius 1 is 1.38 bits per heavy atom. The molecule has 1 aromatic carbocycles. The number of thiophene rings is 1. The molecule has 0 radical (unpaired) electrons. The highest BCUT2D eigenvalue weighted by Gasteiger charge is 2.19. The quantitative estimate of drug-likeness (QED) is 0.831. The van der Waals surface area contributed by atoms with Crippen molar-refractivity contribution in [1.82, 2.24) is 4.90 Å². The van der Waals surface area contributed by atoms with E-state index < -0.39 is 6.10 Å². The average Bonchev–Trinajstić information content (AvgIpc) is 2.93. The Kier molecular flexibility index (Phi) is 4.43. The van der Waals surface area contributed by atoms with E-state index in [1.807, 2.05) is 29.5 Å². The standard InChI is InChI=1S/C16H20N2O2S/c17-13-2-1-3-15(8-13)20-11-14(19)10-18-6-4-16-12(9-18)5-7-21-16/h1-3,5,7-8,14,19H,4,6,9-11,17H2. The number of hydrogen-bond donors (Lipinski definition) is 2. The molecular formula is C16H20N2O2S. The number of nitrogens with zero attached hydrogens (tertiary/aromatic N) is 1. The number of anilines is 1. The van der Waals surface area contributed by atoms with E-state index in [2.05, 4.69) is 16.3 Å². The zero-order valence-corrected chi connectivity index (χ0v) is 12.7. The zero-order chi connectivity index (χ0) is 14.7. The van der Waals surface area contributed by atoms with Gasteiger partial charge in [0.2, 0.25) is 0 Å². The topological polar surface area (TPSA) is 58.7 Å². The van der Waals surface area contributed by atoms with E-state index in [1.165, 1.54) is 10.4 Å². The molecule has 1 aliphatic rings. The van der Waals surface area contributed by atoms with E-state index in [0.717, 1.165) is 19.5 Å². The summed E-state index contributed by atoms with van der Waals surface area (Å²) in [7, 11) is 0. The van der Waals surface area contributed by atoms with Crippen LogP contribution in [-0.2, 0) is 13.0 Å². The molecule has 1 unspecified atom stereocenters. The van der Waals surface area contributed by atoms with Crippen molar-refractivity contribution in [2.24, 2.45) is 0 Å². The fraction of sp³-hybridized carbons (Fsp3) is 0.375. The molecule has 2 heterocycles. The van der Waals surface area contributed by atoms with Crippen molar-refractivity contribution in [3.63, 3.8) is 0 Å². The summed E-state index contributed by atoms with van der Waals surface area (Å²) in [6.45, 7) is 2.85. The van der Waals surface area contributed by atoms with Crippen LogP contribution in [0.25, 0.3) is 0 Å². The number of nitrogen functional groups attached to an aromatic ring is 1. The molecule has 5 heteroatoms. The average molecular weight is 304 g/mol. The number of aliphatic hydroxyl groups is 1. The van der Waals surface area contributed by atoms with Gasteiger partial charge in [-0.3, -0.25) is 4.90 Å². The molecule has 0 saturated heterocycles. The maximum atomic E-state index is 10.1. The lowest BCUT2D eigenvalue weighted by molar-refractivity contribution is 0.0640. The highest BCUT2D eigenvalue weighted by molar-refractivity contribution is 7.10. The second-order valence-corrected chi connectivity index (χ2v) is 6.39. The second-order valence-electron chi connectivity index (χ2n) is 5.39. The van der Waals surface area contributed by atoms with Crippen LogP contribution in [0.1, 0.15) is 10.4 Å². The Bertz CT molecular complexity index is 599. The predicted octanol–water partition coefficient (Wildman–Crippen LogP) is 2.13. The Morgan fingerprint density at radius 2 is 2.29 bits per heavy atom. The van der Waals surface area contributed by atoms with E-state index in [1.54, 1.807) is 6.07 Å². The van der Waals surface area contributed by atoms with Gasteiger partial charge in [-0.2, -0.15) is 0 Å². The van der Waals surface area contributed by atoms with Gasteiger partial charge in [-0.1, -0.05) is 6.07 Å². The largest absolute Gasteiger partial charge is 0.491 e. The number of ether oxygens (including phenoxy) is 1. The van der Waals surface area contributed by atoms with Crippen molar-refractivity contribution in [2.75, 3.05) is 25.4 Å². The first kappa shape index (κ1) is 14.4. The summed E-state index contributed by atoms with van der Waals surface area (Å²) in [6.07, 6.45) is 0.585. The van der Waals surface area contributed by atoms with Crippen LogP contribution in [0.3, 0.4) is 0 Å². The van der Waals surface area contributed by atoms with Gasteiger partial charge in [0.25, 0.3) is 0 Å².